The maximum atomic E-state index is 5.75. The molecule has 112 valence electrons. The molecule has 2 aromatic heterocycles. The van der Waals surface area contributed by atoms with Crippen molar-refractivity contribution in [1.82, 2.24) is 25.2 Å². The van der Waals surface area contributed by atoms with Crippen LogP contribution < -0.4 is 0 Å². The van der Waals surface area contributed by atoms with Crippen molar-refractivity contribution in [2.24, 2.45) is 0 Å². The van der Waals surface area contributed by atoms with Gasteiger partial charge in [-0.25, -0.2) is 0 Å². The van der Waals surface area contributed by atoms with E-state index in [1.807, 2.05) is 6.92 Å². The summed E-state index contributed by atoms with van der Waals surface area (Å²) in [5.41, 5.74) is 0. The average Bonchev–Trinajstić information content (AvgIpc) is 2.94. The lowest BCUT2D eigenvalue weighted by Gasteiger charge is -2.19. The van der Waals surface area contributed by atoms with Crippen LogP contribution in [0.15, 0.2) is 8.94 Å². The van der Waals surface area contributed by atoms with Crippen LogP contribution >= 0.6 is 0 Å². The van der Waals surface area contributed by atoms with Crippen molar-refractivity contribution in [1.29, 1.82) is 0 Å². The molecule has 0 unspecified atom stereocenters. The first-order chi connectivity index (χ1) is 10.3. The summed E-state index contributed by atoms with van der Waals surface area (Å²) in [5.74, 6) is 3.48. The third-order valence-corrected chi connectivity index (χ3v) is 4.20. The molecule has 4 rings (SSSR count). The van der Waals surface area contributed by atoms with Gasteiger partial charge in [-0.3, -0.25) is 4.90 Å². The summed E-state index contributed by atoms with van der Waals surface area (Å²) in [5, 5.41) is 12.4. The Morgan fingerprint density at radius 1 is 1.19 bits per heavy atom. The summed E-state index contributed by atoms with van der Waals surface area (Å²) in [6.45, 7) is 3.68. The average molecular weight is 289 g/mol. The SMILES string of the molecule is CCc1nc([C@H]2CCCN2Cc2nnc(C3CC3)o2)no1. The van der Waals surface area contributed by atoms with E-state index in [4.69, 9.17) is 8.94 Å². The first-order valence-corrected chi connectivity index (χ1v) is 7.72. The van der Waals surface area contributed by atoms with Crippen molar-refractivity contribution in [3.05, 3.63) is 23.5 Å². The zero-order valence-corrected chi connectivity index (χ0v) is 12.2. The number of hydrogen-bond acceptors (Lipinski definition) is 7. The highest BCUT2D eigenvalue weighted by Crippen LogP contribution is 2.39. The van der Waals surface area contributed by atoms with E-state index in [2.05, 4.69) is 25.2 Å². The summed E-state index contributed by atoms with van der Waals surface area (Å²) >= 11 is 0. The molecule has 1 atom stereocenters. The smallest absolute Gasteiger partial charge is 0.230 e. The summed E-state index contributed by atoms with van der Waals surface area (Å²) in [4.78, 5) is 6.76. The molecule has 7 nitrogen and oxygen atoms in total. The van der Waals surface area contributed by atoms with Crippen LogP contribution in [0.2, 0.25) is 0 Å². The van der Waals surface area contributed by atoms with Gasteiger partial charge in [-0.1, -0.05) is 12.1 Å². The van der Waals surface area contributed by atoms with Gasteiger partial charge in [0.2, 0.25) is 17.7 Å². The Hall–Kier alpha value is -1.76. The highest BCUT2D eigenvalue weighted by atomic mass is 16.5. The lowest BCUT2D eigenvalue weighted by atomic mass is 10.2. The zero-order valence-electron chi connectivity index (χ0n) is 12.2. The lowest BCUT2D eigenvalue weighted by Crippen LogP contribution is -2.23. The molecule has 2 aromatic rings. The lowest BCUT2D eigenvalue weighted by molar-refractivity contribution is 0.210. The molecule has 0 spiro atoms. The number of hydrogen-bond donors (Lipinski definition) is 0. The molecule has 1 aliphatic heterocycles. The number of aryl methyl sites for hydroxylation is 1. The Morgan fingerprint density at radius 3 is 2.86 bits per heavy atom. The molecule has 7 heteroatoms. The van der Waals surface area contributed by atoms with Crippen LogP contribution in [0.5, 0.6) is 0 Å². The van der Waals surface area contributed by atoms with Crippen molar-refractivity contribution >= 4 is 0 Å². The number of rotatable bonds is 5. The Balaban J connectivity index is 1.47. The minimum absolute atomic E-state index is 0.199. The van der Waals surface area contributed by atoms with Crippen molar-refractivity contribution < 1.29 is 8.94 Å². The predicted octanol–water partition coefficient (Wildman–Crippen LogP) is 2.23. The van der Waals surface area contributed by atoms with Crippen molar-refractivity contribution in [3.63, 3.8) is 0 Å². The molecule has 0 radical (unpaired) electrons. The summed E-state index contributed by atoms with van der Waals surface area (Å²) in [6.07, 6.45) is 5.30. The van der Waals surface area contributed by atoms with Gasteiger partial charge in [-0.2, -0.15) is 4.98 Å². The van der Waals surface area contributed by atoms with Gasteiger partial charge >= 0.3 is 0 Å². The maximum Gasteiger partial charge on any atom is 0.230 e. The first-order valence-electron chi connectivity index (χ1n) is 7.72. The molecule has 2 fully saturated rings. The van der Waals surface area contributed by atoms with E-state index in [-0.39, 0.29) is 6.04 Å². The summed E-state index contributed by atoms with van der Waals surface area (Å²) < 4.78 is 11.0. The van der Waals surface area contributed by atoms with Gasteiger partial charge in [0, 0.05) is 12.3 Å². The normalized spacial score (nSPS) is 23.0. The minimum Gasteiger partial charge on any atom is -0.424 e. The molecule has 0 N–H and O–H groups in total. The largest absolute Gasteiger partial charge is 0.424 e. The number of likely N-dealkylation sites (tertiary alicyclic amines) is 1. The molecule has 0 amide bonds. The molecular formula is C14H19N5O2. The van der Waals surface area contributed by atoms with Crippen LogP contribution in [0.4, 0.5) is 0 Å². The van der Waals surface area contributed by atoms with Crippen molar-refractivity contribution in [2.75, 3.05) is 6.54 Å². The topological polar surface area (TPSA) is 81.1 Å². The van der Waals surface area contributed by atoms with Crippen molar-refractivity contribution in [2.45, 2.75) is 57.5 Å². The van der Waals surface area contributed by atoms with Gasteiger partial charge in [0.1, 0.15) is 0 Å². The van der Waals surface area contributed by atoms with Crippen LogP contribution in [0, 0.1) is 0 Å². The fourth-order valence-corrected chi connectivity index (χ4v) is 2.85. The Morgan fingerprint density at radius 2 is 2.10 bits per heavy atom. The zero-order chi connectivity index (χ0) is 14.2. The van der Waals surface area contributed by atoms with Gasteiger partial charge in [-0.05, 0) is 32.2 Å². The molecule has 1 saturated heterocycles. The summed E-state index contributed by atoms with van der Waals surface area (Å²) in [7, 11) is 0. The van der Waals surface area contributed by atoms with Crippen LogP contribution in [-0.4, -0.2) is 31.8 Å². The third kappa shape index (κ3) is 2.57. The van der Waals surface area contributed by atoms with Gasteiger partial charge in [0.15, 0.2) is 5.82 Å². The van der Waals surface area contributed by atoms with Gasteiger partial charge < -0.3 is 8.94 Å². The standard InChI is InChI=1S/C14H19N5O2/c1-2-11-15-13(18-21-11)10-4-3-7-19(10)8-12-16-17-14(20-12)9-5-6-9/h9-10H,2-8H2,1H3/t10-/m1/s1. The fourth-order valence-electron chi connectivity index (χ4n) is 2.85. The Kier molecular flexibility index (Phi) is 3.21. The Labute approximate surface area is 122 Å². The highest BCUT2D eigenvalue weighted by molar-refractivity contribution is 5.02. The van der Waals surface area contributed by atoms with E-state index in [1.54, 1.807) is 0 Å². The van der Waals surface area contributed by atoms with Crippen LogP contribution in [0.25, 0.3) is 0 Å². The maximum absolute atomic E-state index is 5.75. The van der Waals surface area contributed by atoms with Gasteiger partial charge in [-0.15, -0.1) is 10.2 Å². The van der Waals surface area contributed by atoms with Crippen LogP contribution in [-0.2, 0) is 13.0 Å². The van der Waals surface area contributed by atoms with Crippen LogP contribution in [0.1, 0.15) is 68.1 Å². The van der Waals surface area contributed by atoms with E-state index in [1.165, 1.54) is 12.8 Å². The molecule has 21 heavy (non-hydrogen) atoms. The number of aromatic nitrogens is 4. The number of nitrogens with zero attached hydrogens (tertiary/aromatic N) is 5. The third-order valence-electron chi connectivity index (χ3n) is 4.20. The molecule has 3 heterocycles. The second kappa shape index (κ2) is 5.22. The Bertz CT molecular complexity index is 618. The minimum atomic E-state index is 0.199. The second-order valence-corrected chi connectivity index (χ2v) is 5.84. The van der Waals surface area contributed by atoms with E-state index in [0.717, 1.165) is 37.5 Å². The fraction of sp³-hybridized carbons (Fsp3) is 0.714. The van der Waals surface area contributed by atoms with Gasteiger partial charge in [0.25, 0.3) is 0 Å². The van der Waals surface area contributed by atoms with Crippen LogP contribution in [0.3, 0.4) is 0 Å². The highest BCUT2D eigenvalue weighted by Gasteiger charge is 2.33. The predicted molar refractivity (Wildman–Crippen MR) is 72.3 cm³/mol. The molecule has 0 aromatic carbocycles. The van der Waals surface area contributed by atoms with E-state index < -0.39 is 0 Å². The molecule has 0 bridgehead atoms. The molecule has 1 aliphatic carbocycles. The van der Waals surface area contributed by atoms with E-state index in [9.17, 15) is 0 Å². The second-order valence-electron chi connectivity index (χ2n) is 5.84. The van der Waals surface area contributed by atoms with Crippen molar-refractivity contribution in [3.8, 4) is 0 Å². The molecule has 1 saturated carbocycles. The molecule has 2 aliphatic rings. The van der Waals surface area contributed by atoms with Gasteiger partial charge in [0.05, 0.1) is 12.6 Å². The molecular weight excluding hydrogens is 270 g/mol. The van der Waals surface area contributed by atoms with E-state index in [0.29, 0.717) is 24.2 Å². The summed E-state index contributed by atoms with van der Waals surface area (Å²) in [6, 6.07) is 0.199. The monoisotopic (exact) mass is 289 g/mol. The first kappa shape index (κ1) is 12.9. The van der Waals surface area contributed by atoms with E-state index >= 15 is 0 Å². The quantitative estimate of drug-likeness (QED) is 0.834.